The van der Waals surface area contributed by atoms with Gasteiger partial charge in [-0.15, -0.1) is 0 Å². The predicted molar refractivity (Wildman–Crippen MR) is 71.7 cm³/mol. The zero-order chi connectivity index (χ0) is 13.2. The van der Waals surface area contributed by atoms with Crippen LogP contribution in [0.5, 0.6) is 5.75 Å². The summed E-state index contributed by atoms with van der Waals surface area (Å²) in [7, 11) is 1.62. The van der Waals surface area contributed by atoms with Crippen molar-refractivity contribution in [1.29, 1.82) is 0 Å². The van der Waals surface area contributed by atoms with Crippen molar-refractivity contribution in [3.05, 3.63) is 46.0 Å². The van der Waals surface area contributed by atoms with E-state index in [0.717, 1.165) is 22.7 Å². The highest BCUT2D eigenvalue weighted by Gasteiger charge is 2.17. The predicted octanol–water partition coefficient (Wildman–Crippen LogP) is 1.13. The van der Waals surface area contributed by atoms with E-state index in [9.17, 15) is 4.79 Å². The Hall–Kier alpha value is -2.34. The molecule has 0 radical (unpaired) electrons. The van der Waals surface area contributed by atoms with E-state index in [4.69, 9.17) is 4.74 Å². The molecule has 19 heavy (non-hydrogen) atoms. The lowest BCUT2D eigenvalue weighted by atomic mass is 10.2. The van der Waals surface area contributed by atoms with Gasteiger partial charge in [0.2, 0.25) is 0 Å². The second kappa shape index (κ2) is 4.74. The van der Waals surface area contributed by atoms with Gasteiger partial charge in [0.1, 0.15) is 11.6 Å². The summed E-state index contributed by atoms with van der Waals surface area (Å²) in [6.07, 6.45) is 0. The minimum Gasteiger partial charge on any atom is -0.497 e. The first-order chi connectivity index (χ1) is 9.26. The van der Waals surface area contributed by atoms with Crippen LogP contribution in [0.25, 0.3) is 0 Å². The van der Waals surface area contributed by atoms with Gasteiger partial charge >= 0.3 is 5.69 Å². The summed E-state index contributed by atoms with van der Waals surface area (Å²) < 4.78 is 5.17. The van der Waals surface area contributed by atoms with Crippen molar-refractivity contribution in [2.75, 3.05) is 12.4 Å². The van der Waals surface area contributed by atoms with Gasteiger partial charge in [0.05, 0.1) is 7.11 Å². The van der Waals surface area contributed by atoms with E-state index < -0.39 is 0 Å². The van der Waals surface area contributed by atoms with Crippen molar-refractivity contribution >= 4 is 11.5 Å². The van der Waals surface area contributed by atoms with E-state index >= 15 is 0 Å². The Morgan fingerprint density at radius 1 is 1.37 bits per heavy atom. The van der Waals surface area contributed by atoms with Crippen LogP contribution < -0.4 is 21.1 Å². The smallest absolute Gasteiger partial charge is 0.347 e. The highest BCUT2D eigenvalue weighted by Crippen LogP contribution is 2.24. The number of methoxy groups -OCH3 is 1. The van der Waals surface area contributed by atoms with Crippen LogP contribution >= 0.6 is 0 Å². The van der Waals surface area contributed by atoms with Gasteiger partial charge in [-0.1, -0.05) is 6.07 Å². The Morgan fingerprint density at radius 3 is 3.11 bits per heavy atom. The Balaban J connectivity index is 1.97. The van der Waals surface area contributed by atoms with Crippen LogP contribution in [-0.4, -0.2) is 17.1 Å². The fourth-order valence-electron chi connectivity index (χ4n) is 2.14. The fourth-order valence-corrected chi connectivity index (χ4v) is 2.14. The van der Waals surface area contributed by atoms with Gasteiger partial charge in [0.25, 0.3) is 0 Å². The molecule has 0 unspecified atom stereocenters. The Morgan fingerprint density at radius 2 is 2.26 bits per heavy atom. The third-order valence-corrected chi connectivity index (χ3v) is 3.06. The number of fused-ring (bicyclic) bond motifs is 1. The van der Waals surface area contributed by atoms with E-state index in [2.05, 4.69) is 20.6 Å². The number of aromatic nitrogens is 2. The van der Waals surface area contributed by atoms with Crippen LogP contribution in [0.1, 0.15) is 11.3 Å². The van der Waals surface area contributed by atoms with Crippen LogP contribution in [0.4, 0.5) is 11.5 Å². The number of nitrogens with one attached hydrogen (secondary N) is 3. The molecule has 3 rings (SSSR count). The molecule has 0 fully saturated rings. The van der Waals surface area contributed by atoms with Gasteiger partial charge in [0, 0.05) is 36.1 Å². The monoisotopic (exact) mass is 258 g/mol. The van der Waals surface area contributed by atoms with Crippen molar-refractivity contribution in [3.8, 4) is 5.75 Å². The van der Waals surface area contributed by atoms with Crippen molar-refractivity contribution in [2.45, 2.75) is 13.1 Å². The number of ether oxygens (including phenoxy) is 1. The summed E-state index contributed by atoms with van der Waals surface area (Å²) in [5.74, 6) is 1.35. The maximum Gasteiger partial charge on any atom is 0.347 e. The second-order valence-electron chi connectivity index (χ2n) is 4.31. The zero-order valence-corrected chi connectivity index (χ0v) is 10.5. The molecule has 1 aliphatic rings. The maximum absolute atomic E-state index is 11.5. The first-order valence-electron chi connectivity index (χ1n) is 6.00. The molecule has 2 aromatic rings. The number of benzene rings is 1. The SMILES string of the molecule is COc1cccc(Nc2nc(=O)[nH]c3c2CNC3)c1. The van der Waals surface area contributed by atoms with Gasteiger partial charge in [-0.05, 0) is 12.1 Å². The van der Waals surface area contributed by atoms with E-state index in [0.29, 0.717) is 18.9 Å². The molecule has 0 saturated heterocycles. The number of rotatable bonds is 3. The van der Waals surface area contributed by atoms with Crippen molar-refractivity contribution in [1.82, 2.24) is 15.3 Å². The number of anilines is 2. The van der Waals surface area contributed by atoms with Crippen LogP contribution in [0.2, 0.25) is 0 Å². The minimum absolute atomic E-state index is 0.340. The second-order valence-corrected chi connectivity index (χ2v) is 4.31. The first-order valence-corrected chi connectivity index (χ1v) is 6.00. The summed E-state index contributed by atoms with van der Waals surface area (Å²) in [4.78, 5) is 18.2. The number of hydrogen-bond donors (Lipinski definition) is 3. The van der Waals surface area contributed by atoms with Crippen LogP contribution in [0.15, 0.2) is 29.1 Å². The van der Waals surface area contributed by atoms with E-state index in [1.807, 2.05) is 24.3 Å². The Kier molecular flexibility index (Phi) is 2.92. The number of nitrogens with zero attached hydrogens (tertiary/aromatic N) is 1. The molecule has 3 N–H and O–H groups in total. The normalized spacial score (nSPS) is 13.1. The summed E-state index contributed by atoms with van der Waals surface area (Å²) in [6, 6.07) is 7.51. The summed E-state index contributed by atoms with van der Waals surface area (Å²) in [6.45, 7) is 1.37. The molecular weight excluding hydrogens is 244 g/mol. The van der Waals surface area contributed by atoms with Gasteiger partial charge in [-0.25, -0.2) is 4.79 Å². The number of hydrogen-bond acceptors (Lipinski definition) is 5. The quantitative estimate of drug-likeness (QED) is 0.769. The molecule has 0 saturated carbocycles. The van der Waals surface area contributed by atoms with Gasteiger partial charge in [0.15, 0.2) is 0 Å². The molecule has 0 aliphatic carbocycles. The van der Waals surface area contributed by atoms with Crippen molar-refractivity contribution in [2.24, 2.45) is 0 Å². The molecule has 0 atom stereocenters. The molecule has 1 aromatic carbocycles. The molecule has 98 valence electrons. The summed E-state index contributed by atoms with van der Waals surface area (Å²) >= 11 is 0. The number of aromatic amines is 1. The van der Waals surface area contributed by atoms with Crippen LogP contribution in [0.3, 0.4) is 0 Å². The lowest BCUT2D eigenvalue weighted by molar-refractivity contribution is 0.415. The minimum atomic E-state index is -0.340. The molecule has 0 amide bonds. The topological polar surface area (TPSA) is 79.0 Å². The lowest BCUT2D eigenvalue weighted by Gasteiger charge is -2.10. The third-order valence-electron chi connectivity index (χ3n) is 3.06. The van der Waals surface area contributed by atoms with Gasteiger partial charge in [-0.2, -0.15) is 4.98 Å². The average Bonchev–Trinajstić information content (AvgIpc) is 2.87. The fraction of sp³-hybridized carbons (Fsp3) is 0.231. The Labute approximate surface area is 109 Å². The first kappa shape index (κ1) is 11.7. The molecule has 2 heterocycles. The molecule has 1 aliphatic heterocycles. The maximum atomic E-state index is 11.5. The highest BCUT2D eigenvalue weighted by molar-refractivity contribution is 5.61. The molecular formula is C13H14N4O2. The largest absolute Gasteiger partial charge is 0.497 e. The molecule has 6 nitrogen and oxygen atoms in total. The highest BCUT2D eigenvalue weighted by atomic mass is 16.5. The summed E-state index contributed by atoms with van der Waals surface area (Å²) in [5.41, 5.74) is 2.40. The molecule has 0 bridgehead atoms. The van der Waals surface area contributed by atoms with Gasteiger partial charge < -0.3 is 20.4 Å². The van der Waals surface area contributed by atoms with Crippen molar-refractivity contribution < 1.29 is 4.74 Å². The van der Waals surface area contributed by atoms with Crippen molar-refractivity contribution in [3.63, 3.8) is 0 Å². The van der Waals surface area contributed by atoms with Gasteiger partial charge in [-0.3, -0.25) is 0 Å². The third kappa shape index (κ3) is 2.30. The lowest BCUT2D eigenvalue weighted by Crippen LogP contribution is -2.16. The molecule has 0 spiro atoms. The average molecular weight is 258 g/mol. The zero-order valence-electron chi connectivity index (χ0n) is 10.5. The van der Waals surface area contributed by atoms with Crippen LogP contribution in [0, 0.1) is 0 Å². The molecule has 6 heteroatoms. The Bertz CT molecular complexity index is 666. The molecule has 1 aromatic heterocycles. The standard InChI is InChI=1S/C13H14N4O2/c1-19-9-4-2-3-8(5-9)15-12-10-6-14-7-11(10)16-13(18)17-12/h2-5,14H,6-7H2,1H3,(H2,15,16,17,18). The van der Waals surface area contributed by atoms with E-state index in [-0.39, 0.29) is 5.69 Å². The van der Waals surface area contributed by atoms with E-state index in [1.165, 1.54) is 0 Å². The van der Waals surface area contributed by atoms with Crippen LogP contribution in [-0.2, 0) is 13.1 Å². The van der Waals surface area contributed by atoms with E-state index in [1.54, 1.807) is 7.11 Å². The number of H-pyrrole nitrogens is 1. The summed E-state index contributed by atoms with van der Waals surface area (Å²) in [5, 5.41) is 6.36.